The minimum Gasteiger partial charge on any atom is -0.301 e. The predicted molar refractivity (Wildman–Crippen MR) is 69.9 cm³/mol. The van der Waals surface area contributed by atoms with Crippen LogP contribution in [0.3, 0.4) is 0 Å². The summed E-state index contributed by atoms with van der Waals surface area (Å²) in [7, 11) is 2.06. The zero-order valence-electron chi connectivity index (χ0n) is 9.78. The van der Waals surface area contributed by atoms with Gasteiger partial charge in [-0.1, -0.05) is 35.0 Å². The van der Waals surface area contributed by atoms with E-state index in [-0.39, 0.29) is 5.92 Å². The third-order valence-electron chi connectivity index (χ3n) is 2.57. The first kappa shape index (κ1) is 13.2. The van der Waals surface area contributed by atoms with Crippen LogP contribution >= 0.6 is 15.9 Å². The van der Waals surface area contributed by atoms with Gasteiger partial charge in [-0.3, -0.25) is 0 Å². The lowest BCUT2D eigenvalue weighted by Crippen LogP contribution is -2.24. The van der Waals surface area contributed by atoms with Gasteiger partial charge in [-0.25, -0.2) is 0 Å². The van der Waals surface area contributed by atoms with Crippen molar-refractivity contribution in [3.63, 3.8) is 0 Å². The van der Waals surface area contributed by atoms with Crippen LogP contribution in [0.1, 0.15) is 18.9 Å². The molecule has 0 N–H and O–H groups in total. The van der Waals surface area contributed by atoms with Crippen molar-refractivity contribution in [2.75, 3.05) is 13.6 Å². The van der Waals surface area contributed by atoms with E-state index in [1.165, 1.54) is 5.56 Å². The summed E-state index contributed by atoms with van der Waals surface area (Å²) in [5, 5.41) is 8.89. The van der Waals surface area contributed by atoms with Crippen LogP contribution in [-0.4, -0.2) is 18.5 Å². The van der Waals surface area contributed by atoms with Gasteiger partial charge in [0, 0.05) is 17.6 Å². The van der Waals surface area contributed by atoms with Gasteiger partial charge >= 0.3 is 0 Å². The lowest BCUT2D eigenvalue weighted by Gasteiger charge is -2.19. The first-order valence-electron chi connectivity index (χ1n) is 5.48. The van der Waals surface area contributed by atoms with E-state index in [2.05, 4.69) is 53.0 Å². The fourth-order valence-electron chi connectivity index (χ4n) is 1.60. The highest BCUT2D eigenvalue weighted by molar-refractivity contribution is 9.10. The molecule has 0 aromatic heterocycles. The minimum atomic E-state index is 0.139. The molecule has 0 aliphatic carbocycles. The Kier molecular flexibility index (Phi) is 5.51. The van der Waals surface area contributed by atoms with E-state index in [1.54, 1.807) is 0 Å². The molecule has 0 fully saturated rings. The van der Waals surface area contributed by atoms with E-state index in [4.69, 9.17) is 5.26 Å². The van der Waals surface area contributed by atoms with Gasteiger partial charge in [0.25, 0.3) is 0 Å². The van der Waals surface area contributed by atoms with Crippen molar-refractivity contribution in [2.24, 2.45) is 5.92 Å². The molecule has 1 unspecified atom stereocenters. The van der Waals surface area contributed by atoms with Gasteiger partial charge in [0.05, 0.1) is 12.0 Å². The van der Waals surface area contributed by atoms with Crippen molar-refractivity contribution < 1.29 is 0 Å². The lowest BCUT2D eigenvalue weighted by atomic mass is 10.1. The first-order chi connectivity index (χ1) is 7.65. The number of benzene rings is 1. The molecular weight excluding hydrogens is 264 g/mol. The Labute approximate surface area is 106 Å². The molecule has 1 aromatic carbocycles. The van der Waals surface area contributed by atoms with Crippen molar-refractivity contribution in [3.8, 4) is 6.07 Å². The van der Waals surface area contributed by atoms with Crippen LogP contribution in [0, 0.1) is 17.2 Å². The molecule has 0 saturated heterocycles. The van der Waals surface area contributed by atoms with Crippen molar-refractivity contribution in [2.45, 2.75) is 19.9 Å². The summed E-state index contributed by atoms with van der Waals surface area (Å²) in [5.41, 5.74) is 1.28. The first-order valence-corrected chi connectivity index (χ1v) is 6.27. The monoisotopic (exact) mass is 280 g/mol. The van der Waals surface area contributed by atoms with E-state index in [0.717, 1.165) is 24.0 Å². The van der Waals surface area contributed by atoms with Crippen molar-refractivity contribution in [1.29, 1.82) is 5.26 Å². The SMILES string of the molecule is CCC(C#N)CN(C)Cc1ccc(Br)cc1. The average molecular weight is 281 g/mol. The minimum absolute atomic E-state index is 0.139. The molecule has 0 amide bonds. The summed E-state index contributed by atoms with van der Waals surface area (Å²) in [6, 6.07) is 10.6. The summed E-state index contributed by atoms with van der Waals surface area (Å²) in [4.78, 5) is 2.20. The van der Waals surface area contributed by atoms with E-state index >= 15 is 0 Å². The molecule has 0 bridgehead atoms. The Balaban J connectivity index is 2.48. The fourth-order valence-corrected chi connectivity index (χ4v) is 1.87. The highest BCUT2D eigenvalue weighted by atomic mass is 79.9. The summed E-state index contributed by atoms with van der Waals surface area (Å²) in [5.74, 6) is 0.139. The van der Waals surface area contributed by atoms with Crippen LogP contribution in [0.2, 0.25) is 0 Å². The summed E-state index contributed by atoms with van der Waals surface area (Å²) in [6.07, 6.45) is 0.918. The number of rotatable bonds is 5. The van der Waals surface area contributed by atoms with E-state index in [1.807, 2.05) is 12.1 Å². The van der Waals surface area contributed by atoms with Crippen LogP contribution in [-0.2, 0) is 6.54 Å². The molecule has 1 rings (SSSR count). The maximum absolute atomic E-state index is 8.89. The third-order valence-corrected chi connectivity index (χ3v) is 3.10. The molecule has 1 aromatic rings. The van der Waals surface area contributed by atoms with E-state index < -0.39 is 0 Å². The standard InChI is InChI=1S/C13H17BrN2/c1-3-11(8-15)9-16(2)10-12-4-6-13(14)7-5-12/h4-7,11H,3,9-10H2,1-2H3. The summed E-state index contributed by atoms with van der Waals surface area (Å²) < 4.78 is 1.10. The van der Waals surface area contributed by atoms with Gasteiger partial charge < -0.3 is 4.90 Å². The van der Waals surface area contributed by atoms with Crippen LogP contribution in [0.4, 0.5) is 0 Å². The predicted octanol–water partition coefficient (Wildman–Crippen LogP) is 3.43. The van der Waals surface area contributed by atoms with Crippen LogP contribution in [0.15, 0.2) is 28.7 Å². The summed E-state index contributed by atoms with van der Waals surface area (Å²) in [6.45, 7) is 3.79. The average Bonchev–Trinajstić information content (AvgIpc) is 2.29. The van der Waals surface area contributed by atoms with Crippen molar-refractivity contribution in [3.05, 3.63) is 34.3 Å². The van der Waals surface area contributed by atoms with E-state index in [0.29, 0.717) is 0 Å². The molecule has 0 aliphatic rings. The highest BCUT2D eigenvalue weighted by Gasteiger charge is 2.08. The Morgan fingerprint density at radius 2 is 2.00 bits per heavy atom. The quantitative estimate of drug-likeness (QED) is 0.826. The van der Waals surface area contributed by atoms with Gasteiger partial charge in [-0.15, -0.1) is 0 Å². The third kappa shape index (κ3) is 4.34. The molecule has 0 radical (unpaired) electrons. The van der Waals surface area contributed by atoms with Crippen LogP contribution in [0.5, 0.6) is 0 Å². The van der Waals surface area contributed by atoms with Crippen molar-refractivity contribution in [1.82, 2.24) is 4.90 Å². The number of hydrogen-bond acceptors (Lipinski definition) is 2. The largest absolute Gasteiger partial charge is 0.301 e. The Morgan fingerprint density at radius 1 is 1.38 bits per heavy atom. The molecule has 16 heavy (non-hydrogen) atoms. The maximum Gasteiger partial charge on any atom is 0.0669 e. The molecule has 1 atom stereocenters. The topological polar surface area (TPSA) is 27.0 Å². The second-order valence-electron chi connectivity index (χ2n) is 4.06. The molecule has 0 aliphatic heterocycles. The Bertz CT molecular complexity index is 353. The summed E-state index contributed by atoms with van der Waals surface area (Å²) >= 11 is 3.42. The normalized spacial score (nSPS) is 12.4. The second kappa shape index (κ2) is 6.67. The Morgan fingerprint density at radius 3 is 2.50 bits per heavy atom. The van der Waals surface area contributed by atoms with E-state index in [9.17, 15) is 0 Å². The number of hydrogen-bond donors (Lipinski definition) is 0. The molecule has 2 nitrogen and oxygen atoms in total. The zero-order valence-corrected chi connectivity index (χ0v) is 11.4. The van der Waals surface area contributed by atoms with Gasteiger partial charge in [0.2, 0.25) is 0 Å². The second-order valence-corrected chi connectivity index (χ2v) is 4.97. The highest BCUT2D eigenvalue weighted by Crippen LogP contribution is 2.12. The molecule has 0 spiro atoms. The number of halogens is 1. The number of nitriles is 1. The fraction of sp³-hybridized carbons (Fsp3) is 0.462. The van der Waals surface area contributed by atoms with Gasteiger partial charge in [-0.05, 0) is 31.2 Å². The van der Waals surface area contributed by atoms with Gasteiger partial charge in [-0.2, -0.15) is 5.26 Å². The molecule has 86 valence electrons. The zero-order chi connectivity index (χ0) is 12.0. The van der Waals surface area contributed by atoms with Crippen LogP contribution in [0.25, 0.3) is 0 Å². The Hall–Kier alpha value is -0.850. The maximum atomic E-state index is 8.89. The molecule has 3 heteroatoms. The molecule has 0 heterocycles. The van der Waals surface area contributed by atoms with Crippen molar-refractivity contribution >= 4 is 15.9 Å². The molecular formula is C13H17BrN2. The lowest BCUT2D eigenvalue weighted by molar-refractivity contribution is 0.292. The number of nitrogens with zero attached hydrogens (tertiary/aromatic N) is 2. The molecule has 0 saturated carbocycles. The van der Waals surface area contributed by atoms with Gasteiger partial charge in [0.1, 0.15) is 0 Å². The van der Waals surface area contributed by atoms with Gasteiger partial charge in [0.15, 0.2) is 0 Å². The van der Waals surface area contributed by atoms with Crippen LogP contribution < -0.4 is 0 Å². The smallest absolute Gasteiger partial charge is 0.0669 e.